The molecule has 21 heavy (non-hydrogen) atoms. The Morgan fingerprint density at radius 1 is 0.952 bits per heavy atom. The molecule has 0 unspecified atom stereocenters. The van der Waals surface area contributed by atoms with E-state index in [0.29, 0.717) is 5.82 Å². The van der Waals surface area contributed by atoms with Crippen LogP contribution in [0.25, 0.3) is 6.08 Å². The van der Waals surface area contributed by atoms with E-state index in [1.54, 1.807) is 6.08 Å². The SMILES string of the molecule is CC.CC1(C)C=CC=CC(/C=C/c2nc(Cl)nc(Cl)n2)=C1. The maximum absolute atomic E-state index is 5.72. The van der Waals surface area contributed by atoms with Gasteiger partial charge in [0.05, 0.1) is 0 Å². The van der Waals surface area contributed by atoms with Crippen LogP contribution in [0.15, 0.2) is 42.0 Å². The number of rotatable bonds is 2. The lowest BCUT2D eigenvalue weighted by atomic mass is 9.91. The molecule has 112 valence electrons. The zero-order valence-electron chi connectivity index (χ0n) is 12.6. The van der Waals surface area contributed by atoms with Crippen LogP contribution in [0, 0.1) is 5.41 Å². The van der Waals surface area contributed by atoms with Gasteiger partial charge in [0, 0.05) is 5.41 Å². The lowest BCUT2D eigenvalue weighted by Gasteiger charge is -2.14. The molecule has 0 amide bonds. The summed E-state index contributed by atoms with van der Waals surface area (Å²) >= 11 is 11.4. The van der Waals surface area contributed by atoms with Crippen LogP contribution in [0.4, 0.5) is 0 Å². The highest BCUT2D eigenvalue weighted by Crippen LogP contribution is 2.24. The molecular weight excluding hydrogens is 305 g/mol. The first-order valence-electron chi connectivity index (χ1n) is 6.78. The fraction of sp³-hybridized carbons (Fsp3) is 0.312. The van der Waals surface area contributed by atoms with E-state index in [1.807, 2.05) is 38.2 Å². The van der Waals surface area contributed by atoms with Gasteiger partial charge in [-0.15, -0.1) is 0 Å². The van der Waals surface area contributed by atoms with Crippen molar-refractivity contribution in [3.05, 3.63) is 58.4 Å². The minimum atomic E-state index is 0.0115. The first-order chi connectivity index (χ1) is 9.94. The minimum absolute atomic E-state index is 0.0115. The van der Waals surface area contributed by atoms with Crippen molar-refractivity contribution in [2.75, 3.05) is 0 Å². The minimum Gasteiger partial charge on any atom is -0.198 e. The topological polar surface area (TPSA) is 38.7 Å². The van der Waals surface area contributed by atoms with Crippen molar-refractivity contribution >= 4 is 29.3 Å². The van der Waals surface area contributed by atoms with Gasteiger partial charge in [0.15, 0.2) is 5.82 Å². The second kappa shape index (κ2) is 8.11. The first kappa shape index (κ1) is 17.6. The van der Waals surface area contributed by atoms with E-state index < -0.39 is 0 Å². The van der Waals surface area contributed by atoms with Gasteiger partial charge in [0.25, 0.3) is 0 Å². The molecule has 3 nitrogen and oxygen atoms in total. The number of aromatic nitrogens is 3. The van der Waals surface area contributed by atoms with Crippen LogP contribution in [0.3, 0.4) is 0 Å². The van der Waals surface area contributed by atoms with Gasteiger partial charge in [-0.05, 0) is 34.9 Å². The van der Waals surface area contributed by atoms with E-state index in [0.717, 1.165) is 5.57 Å². The Labute approximate surface area is 136 Å². The zero-order valence-corrected chi connectivity index (χ0v) is 14.2. The standard InChI is InChI=1S/C14H13Cl2N3.C2H6/c1-14(2)8-4-3-5-10(9-14)6-7-11-17-12(15)19-13(16)18-11;1-2/h3-9H,1-2H3;1-2H3/b7-6+;. The van der Waals surface area contributed by atoms with E-state index >= 15 is 0 Å². The molecule has 0 spiro atoms. The Kier molecular flexibility index (Phi) is 6.79. The molecule has 1 aromatic rings. The number of allylic oxidation sites excluding steroid dienone is 7. The lowest BCUT2D eigenvalue weighted by molar-refractivity contribution is 0.625. The molecule has 2 rings (SSSR count). The summed E-state index contributed by atoms with van der Waals surface area (Å²) < 4.78 is 0. The Bertz CT molecular complexity index is 579. The second-order valence-corrected chi connectivity index (χ2v) is 5.43. The van der Waals surface area contributed by atoms with E-state index in [2.05, 4.69) is 41.0 Å². The van der Waals surface area contributed by atoms with Gasteiger partial charge in [-0.1, -0.05) is 64.2 Å². The summed E-state index contributed by atoms with van der Waals surface area (Å²) in [6.07, 6.45) is 14.0. The van der Waals surface area contributed by atoms with E-state index in [9.17, 15) is 0 Å². The van der Waals surface area contributed by atoms with Gasteiger partial charge in [0.2, 0.25) is 10.6 Å². The van der Waals surface area contributed by atoms with Crippen molar-refractivity contribution in [3.63, 3.8) is 0 Å². The summed E-state index contributed by atoms with van der Waals surface area (Å²) in [6, 6.07) is 0. The highest BCUT2D eigenvalue weighted by Gasteiger charge is 2.11. The number of hydrogen-bond acceptors (Lipinski definition) is 3. The number of hydrogen-bond donors (Lipinski definition) is 0. The van der Waals surface area contributed by atoms with E-state index in [4.69, 9.17) is 23.2 Å². The maximum Gasteiger partial charge on any atom is 0.227 e. The first-order valence-corrected chi connectivity index (χ1v) is 7.54. The summed E-state index contributed by atoms with van der Waals surface area (Å²) in [5, 5.41) is 0.180. The van der Waals surface area contributed by atoms with Crippen LogP contribution in [-0.2, 0) is 0 Å². The monoisotopic (exact) mass is 323 g/mol. The van der Waals surface area contributed by atoms with Crippen LogP contribution in [0.2, 0.25) is 10.6 Å². The molecule has 5 heteroatoms. The van der Waals surface area contributed by atoms with Crippen LogP contribution >= 0.6 is 23.2 Å². The van der Waals surface area contributed by atoms with Gasteiger partial charge in [-0.25, -0.2) is 0 Å². The average molecular weight is 324 g/mol. The zero-order chi connectivity index (χ0) is 15.9. The highest BCUT2D eigenvalue weighted by molar-refractivity contribution is 6.31. The molecule has 1 aromatic heterocycles. The summed E-state index contributed by atoms with van der Waals surface area (Å²) in [6.45, 7) is 8.28. The van der Waals surface area contributed by atoms with Gasteiger partial charge < -0.3 is 0 Å². The molecule has 0 bridgehead atoms. The molecule has 1 aliphatic rings. The van der Waals surface area contributed by atoms with Crippen LogP contribution in [0.5, 0.6) is 0 Å². The van der Waals surface area contributed by atoms with Crippen molar-refractivity contribution in [2.45, 2.75) is 27.7 Å². The fourth-order valence-electron chi connectivity index (χ4n) is 1.69. The van der Waals surface area contributed by atoms with Crippen LogP contribution in [0.1, 0.15) is 33.5 Å². The molecular formula is C16H19Cl2N3. The van der Waals surface area contributed by atoms with Crippen molar-refractivity contribution < 1.29 is 0 Å². The van der Waals surface area contributed by atoms with Crippen LogP contribution < -0.4 is 0 Å². The second-order valence-electron chi connectivity index (χ2n) is 4.75. The quantitative estimate of drug-likeness (QED) is 0.741. The molecule has 0 saturated carbocycles. The fourth-order valence-corrected chi connectivity index (χ4v) is 2.06. The van der Waals surface area contributed by atoms with Crippen LogP contribution in [-0.4, -0.2) is 15.0 Å². The molecule has 0 aromatic carbocycles. The molecule has 0 fully saturated rings. The maximum atomic E-state index is 5.72. The number of halogens is 2. The Morgan fingerprint density at radius 2 is 1.57 bits per heavy atom. The van der Waals surface area contributed by atoms with E-state index in [1.165, 1.54) is 0 Å². The molecule has 0 aliphatic heterocycles. The third kappa shape index (κ3) is 6.23. The number of nitrogens with zero attached hydrogens (tertiary/aromatic N) is 3. The van der Waals surface area contributed by atoms with Crippen molar-refractivity contribution in [1.29, 1.82) is 0 Å². The summed E-state index contributed by atoms with van der Waals surface area (Å²) in [5.41, 5.74) is 1.08. The third-order valence-corrected chi connectivity index (χ3v) is 2.83. The van der Waals surface area contributed by atoms with E-state index in [-0.39, 0.29) is 16.0 Å². The molecule has 1 aliphatic carbocycles. The average Bonchev–Trinajstić information content (AvgIpc) is 2.58. The summed E-state index contributed by atoms with van der Waals surface area (Å²) in [5.74, 6) is 0.439. The van der Waals surface area contributed by atoms with Gasteiger partial charge in [-0.2, -0.15) is 15.0 Å². The smallest absolute Gasteiger partial charge is 0.198 e. The molecule has 0 radical (unpaired) electrons. The highest BCUT2D eigenvalue weighted by atomic mass is 35.5. The largest absolute Gasteiger partial charge is 0.227 e. The Hall–Kier alpha value is -1.45. The normalized spacial score (nSPS) is 16.2. The van der Waals surface area contributed by atoms with Gasteiger partial charge in [-0.3, -0.25) is 0 Å². The predicted octanol–water partition coefficient (Wildman–Crippen LogP) is 5.30. The lowest BCUT2D eigenvalue weighted by Crippen LogP contribution is -2.02. The third-order valence-electron chi connectivity index (χ3n) is 2.49. The molecule has 0 atom stereocenters. The Morgan fingerprint density at radius 3 is 2.19 bits per heavy atom. The molecule has 0 saturated heterocycles. The predicted molar refractivity (Wildman–Crippen MR) is 90.4 cm³/mol. The Balaban J connectivity index is 0.00000106. The summed E-state index contributed by atoms with van der Waals surface area (Å²) in [7, 11) is 0. The molecule has 0 N–H and O–H groups in total. The van der Waals surface area contributed by atoms with Crippen molar-refractivity contribution in [1.82, 2.24) is 15.0 Å². The summed E-state index contributed by atoms with van der Waals surface area (Å²) in [4.78, 5) is 11.7. The van der Waals surface area contributed by atoms with Gasteiger partial charge >= 0.3 is 0 Å². The van der Waals surface area contributed by atoms with Gasteiger partial charge in [0.1, 0.15) is 0 Å². The molecule has 1 heterocycles. The van der Waals surface area contributed by atoms with Crippen molar-refractivity contribution in [2.24, 2.45) is 5.41 Å². The van der Waals surface area contributed by atoms with Crippen molar-refractivity contribution in [3.8, 4) is 0 Å².